The number of aryl methyl sites for hydroxylation is 1. The van der Waals surface area contributed by atoms with E-state index in [1.807, 2.05) is 70.7 Å². The van der Waals surface area contributed by atoms with Gasteiger partial charge in [0, 0.05) is 44.0 Å². The summed E-state index contributed by atoms with van der Waals surface area (Å²) < 4.78 is 7.49. The Morgan fingerprint density at radius 3 is 2.65 bits per heavy atom. The Balaban J connectivity index is 1.42. The lowest BCUT2D eigenvalue weighted by Crippen LogP contribution is -2.55. The van der Waals surface area contributed by atoms with E-state index in [-0.39, 0.29) is 17.9 Å². The highest BCUT2D eigenvalue weighted by atomic mass is 16.3. The molecule has 1 aliphatic heterocycles. The van der Waals surface area contributed by atoms with Crippen LogP contribution in [-0.4, -0.2) is 51.9 Å². The highest BCUT2D eigenvalue weighted by Gasteiger charge is 2.31. The summed E-state index contributed by atoms with van der Waals surface area (Å²) in [4.78, 5) is 29.9. The maximum absolute atomic E-state index is 13.3. The highest BCUT2D eigenvalue weighted by Crippen LogP contribution is 2.24. The number of hydrogen-bond donors (Lipinski definition) is 0. The van der Waals surface area contributed by atoms with Crippen molar-refractivity contribution in [3.05, 3.63) is 72.1 Å². The number of carbonyl (C=O) groups excluding carboxylic acids is 2. The molecule has 0 bridgehead atoms. The Kier molecular flexibility index (Phi) is 5.98. The average molecular weight is 420 g/mol. The van der Waals surface area contributed by atoms with Crippen LogP contribution in [-0.2, 0) is 17.8 Å². The lowest BCUT2D eigenvalue weighted by Gasteiger charge is -2.40. The van der Waals surface area contributed by atoms with E-state index in [4.69, 9.17) is 4.42 Å². The quantitative estimate of drug-likeness (QED) is 0.565. The van der Waals surface area contributed by atoms with Gasteiger partial charge < -0.3 is 18.8 Å². The van der Waals surface area contributed by atoms with Gasteiger partial charge in [-0.05, 0) is 38.0 Å². The highest BCUT2D eigenvalue weighted by molar-refractivity contribution is 5.98. The number of furan rings is 1. The van der Waals surface area contributed by atoms with Gasteiger partial charge in [-0.3, -0.25) is 9.59 Å². The number of rotatable bonds is 6. The second-order valence-corrected chi connectivity index (χ2v) is 8.43. The molecular weight excluding hydrogens is 390 g/mol. The third-order valence-electron chi connectivity index (χ3n) is 5.85. The summed E-state index contributed by atoms with van der Waals surface area (Å²) in [6, 6.07) is 13.8. The van der Waals surface area contributed by atoms with Gasteiger partial charge in [-0.25, -0.2) is 0 Å². The van der Waals surface area contributed by atoms with Gasteiger partial charge in [0.05, 0.1) is 6.26 Å². The van der Waals surface area contributed by atoms with Crippen LogP contribution in [0.3, 0.4) is 0 Å². The van der Waals surface area contributed by atoms with Gasteiger partial charge in [0.25, 0.3) is 5.91 Å². The molecule has 0 saturated carbocycles. The van der Waals surface area contributed by atoms with E-state index in [0.29, 0.717) is 44.0 Å². The van der Waals surface area contributed by atoms with E-state index < -0.39 is 0 Å². The number of piperazine rings is 1. The lowest BCUT2D eigenvalue weighted by molar-refractivity contribution is -0.135. The number of allylic oxidation sites excluding steroid dienone is 1. The molecule has 0 radical (unpaired) electrons. The molecule has 1 atom stereocenters. The summed E-state index contributed by atoms with van der Waals surface area (Å²) in [5, 5.41) is 0.910. The van der Waals surface area contributed by atoms with Gasteiger partial charge in [-0.2, -0.15) is 0 Å². The fraction of sp³-hybridized carbons (Fsp3) is 0.360. The first kappa shape index (κ1) is 21.0. The van der Waals surface area contributed by atoms with Crippen molar-refractivity contribution in [2.45, 2.75) is 39.3 Å². The van der Waals surface area contributed by atoms with E-state index >= 15 is 0 Å². The molecule has 2 aromatic heterocycles. The second-order valence-electron chi connectivity index (χ2n) is 8.43. The molecular formula is C25H29N3O3. The molecule has 1 aliphatic rings. The van der Waals surface area contributed by atoms with Crippen molar-refractivity contribution in [2.24, 2.45) is 0 Å². The van der Waals surface area contributed by atoms with Gasteiger partial charge in [-0.15, -0.1) is 0 Å². The van der Waals surface area contributed by atoms with Crippen LogP contribution in [0, 0.1) is 0 Å². The van der Waals surface area contributed by atoms with E-state index in [1.165, 1.54) is 5.56 Å². The molecule has 1 saturated heterocycles. The largest absolute Gasteiger partial charge is 0.448 e. The van der Waals surface area contributed by atoms with Crippen LogP contribution < -0.4 is 0 Å². The summed E-state index contributed by atoms with van der Waals surface area (Å²) in [6.45, 7) is 10.1. The molecule has 6 nitrogen and oxygen atoms in total. The number of carbonyl (C=O) groups is 2. The van der Waals surface area contributed by atoms with Crippen molar-refractivity contribution in [3.63, 3.8) is 0 Å². The van der Waals surface area contributed by atoms with Crippen LogP contribution in [0.2, 0.25) is 0 Å². The topological polar surface area (TPSA) is 58.7 Å². The Labute approximate surface area is 182 Å². The smallest absolute Gasteiger partial charge is 0.270 e. The number of hydrogen-bond acceptors (Lipinski definition) is 3. The van der Waals surface area contributed by atoms with Crippen LogP contribution in [0.15, 0.2) is 65.3 Å². The average Bonchev–Trinajstić information content (AvgIpc) is 3.34. The zero-order valence-electron chi connectivity index (χ0n) is 18.2. The first-order valence-corrected chi connectivity index (χ1v) is 10.8. The Hall–Kier alpha value is -3.28. The van der Waals surface area contributed by atoms with Gasteiger partial charge >= 0.3 is 0 Å². The van der Waals surface area contributed by atoms with E-state index in [9.17, 15) is 9.59 Å². The Bertz CT molecular complexity index is 1100. The third-order valence-corrected chi connectivity index (χ3v) is 5.85. The fourth-order valence-electron chi connectivity index (χ4n) is 4.29. The van der Waals surface area contributed by atoms with E-state index in [0.717, 1.165) is 17.4 Å². The van der Waals surface area contributed by atoms with Crippen molar-refractivity contribution in [3.8, 4) is 0 Å². The molecule has 1 fully saturated rings. The molecule has 2 amide bonds. The van der Waals surface area contributed by atoms with Gasteiger partial charge in [0.15, 0.2) is 0 Å². The summed E-state index contributed by atoms with van der Waals surface area (Å²) in [5.41, 5.74) is 3.41. The van der Waals surface area contributed by atoms with Gasteiger partial charge in [0.2, 0.25) is 11.6 Å². The molecule has 0 N–H and O–H groups in total. The summed E-state index contributed by atoms with van der Waals surface area (Å²) in [6.07, 6.45) is 2.86. The molecule has 4 rings (SSSR count). The van der Waals surface area contributed by atoms with Crippen molar-refractivity contribution >= 4 is 22.9 Å². The monoisotopic (exact) mass is 419 g/mol. The van der Waals surface area contributed by atoms with Crippen LogP contribution in [0.4, 0.5) is 0 Å². The van der Waals surface area contributed by atoms with Gasteiger partial charge in [-0.1, -0.05) is 42.5 Å². The van der Waals surface area contributed by atoms with E-state index in [1.54, 1.807) is 6.26 Å². The van der Waals surface area contributed by atoms with Crippen LogP contribution >= 0.6 is 0 Å². The first-order valence-electron chi connectivity index (χ1n) is 10.8. The molecule has 6 heteroatoms. The molecule has 0 aliphatic carbocycles. The predicted molar refractivity (Wildman–Crippen MR) is 121 cm³/mol. The van der Waals surface area contributed by atoms with Gasteiger partial charge in [0.1, 0.15) is 5.69 Å². The second kappa shape index (κ2) is 8.84. The lowest BCUT2D eigenvalue weighted by atomic mass is 10.1. The minimum absolute atomic E-state index is 0.0199. The van der Waals surface area contributed by atoms with Crippen LogP contribution in [0.1, 0.15) is 36.3 Å². The molecule has 3 aromatic rings. The SMILES string of the molecule is C=C(C)Cn1c(C(=O)N2CCN(C(=O)CCc3ccccc3)[C@H](C)C2)cc2ccoc21. The zero-order chi connectivity index (χ0) is 22.0. The number of amides is 2. The molecule has 162 valence electrons. The number of nitrogens with zero attached hydrogens (tertiary/aromatic N) is 3. The van der Waals surface area contributed by atoms with Crippen molar-refractivity contribution in [1.29, 1.82) is 0 Å². The molecule has 3 heterocycles. The Morgan fingerprint density at radius 1 is 1.16 bits per heavy atom. The van der Waals surface area contributed by atoms with Crippen molar-refractivity contribution < 1.29 is 14.0 Å². The standard InChI is InChI=1S/C25H29N3O3/c1-18(2)16-28-22(15-21-11-14-31-25(21)28)24(30)26-12-13-27(19(3)17-26)23(29)10-9-20-7-5-4-6-8-20/h4-8,11,14-15,19H,1,9-10,12-13,16-17H2,2-3H3/t19-/m1/s1. The number of benzene rings is 1. The Morgan fingerprint density at radius 2 is 1.94 bits per heavy atom. The fourth-order valence-corrected chi connectivity index (χ4v) is 4.29. The maximum Gasteiger partial charge on any atom is 0.270 e. The number of fused-ring (bicyclic) bond motifs is 1. The van der Waals surface area contributed by atoms with Crippen LogP contribution in [0.25, 0.3) is 11.1 Å². The minimum Gasteiger partial charge on any atom is -0.448 e. The maximum atomic E-state index is 13.3. The summed E-state index contributed by atoms with van der Waals surface area (Å²) in [7, 11) is 0. The molecule has 0 unspecified atom stereocenters. The molecule has 1 aromatic carbocycles. The molecule has 31 heavy (non-hydrogen) atoms. The van der Waals surface area contributed by atoms with Crippen LogP contribution in [0.5, 0.6) is 0 Å². The summed E-state index contributed by atoms with van der Waals surface area (Å²) in [5.74, 6) is 0.113. The zero-order valence-corrected chi connectivity index (χ0v) is 18.2. The van der Waals surface area contributed by atoms with Crippen molar-refractivity contribution in [1.82, 2.24) is 14.4 Å². The van der Waals surface area contributed by atoms with E-state index in [2.05, 4.69) is 6.58 Å². The first-order chi connectivity index (χ1) is 14.9. The van der Waals surface area contributed by atoms with Crippen molar-refractivity contribution in [2.75, 3.05) is 19.6 Å². The third kappa shape index (κ3) is 4.43. The minimum atomic E-state index is -0.0316. The number of aromatic nitrogens is 1. The summed E-state index contributed by atoms with van der Waals surface area (Å²) >= 11 is 0. The normalized spacial score (nSPS) is 16.6. The predicted octanol–water partition coefficient (Wildman–Crippen LogP) is 4.12. The molecule has 0 spiro atoms.